The molecule has 1 N–H and O–H groups in total. The lowest BCUT2D eigenvalue weighted by Gasteiger charge is -2.31. The van der Waals surface area contributed by atoms with Gasteiger partial charge < -0.3 is 15.0 Å². The highest BCUT2D eigenvalue weighted by Crippen LogP contribution is 2.19. The van der Waals surface area contributed by atoms with Crippen LogP contribution in [0, 0.1) is 5.92 Å². The number of aromatic nitrogens is 1. The number of amides is 2. The highest BCUT2D eigenvalue weighted by Gasteiger charge is 2.27. The number of piperidine rings is 1. The molecule has 0 atom stereocenters. The number of likely N-dealkylation sites (tertiary alicyclic amines) is 1. The molecule has 0 bridgehead atoms. The Morgan fingerprint density at radius 3 is 2.74 bits per heavy atom. The minimum atomic E-state index is -0.0749. The second-order valence-corrected chi connectivity index (χ2v) is 6.84. The normalized spacial score (nSPS) is 14.6. The fourth-order valence-electron chi connectivity index (χ4n) is 3.06. The lowest BCUT2D eigenvalue weighted by molar-refractivity contribution is -0.126. The van der Waals surface area contributed by atoms with Gasteiger partial charge in [-0.25, -0.2) is 0 Å². The van der Waals surface area contributed by atoms with Gasteiger partial charge in [0.25, 0.3) is 5.91 Å². The topological polar surface area (TPSA) is 71.5 Å². The van der Waals surface area contributed by atoms with Crippen molar-refractivity contribution in [2.45, 2.75) is 12.8 Å². The van der Waals surface area contributed by atoms with E-state index in [0.717, 1.165) is 0 Å². The molecule has 2 amide bonds. The number of benzene rings is 1. The van der Waals surface area contributed by atoms with E-state index in [-0.39, 0.29) is 17.7 Å². The largest absolute Gasteiger partial charge is 0.492 e. The summed E-state index contributed by atoms with van der Waals surface area (Å²) in [5, 5.41) is 3.52. The van der Waals surface area contributed by atoms with Crippen molar-refractivity contribution in [1.82, 2.24) is 15.2 Å². The van der Waals surface area contributed by atoms with Gasteiger partial charge in [0.15, 0.2) is 0 Å². The lowest BCUT2D eigenvalue weighted by Crippen LogP contribution is -2.43. The van der Waals surface area contributed by atoms with Crippen LogP contribution in [0.2, 0.25) is 5.02 Å². The lowest BCUT2D eigenvalue weighted by atomic mass is 9.95. The van der Waals surface area contributed by atoms with Crippen LogP contribution >= 0.6 is 11.6 Å². The first-order valence-corrected chi connectivity index (χ1v) is 9.36. The molecule has 2 heterocycles. The molecule has 0 saturated carbocycles. The van der Waals surface area contributed by atoms with Crippen LogP contribution in [0.1, 0.15) is 23.2 Å². The van der Waals surface area contributed by atoms with E-state index < -0.39 is 0 Å². The van der Waals surface area contributed by atoms with Crippen molar-refractivity contribution >= 4 is 23.4 Å². The highest BCUT2D eigenvalue weighted by molar-refractivity contribution is 6.30. The summed E-state index contributed by atoms with van der Waals surface area (Å²) in [4.78, 5) is 30.5. The second kappa shape index (κ2) is 9.37. The molecule has 1 fully saturated rings. The molecular formula is C20H22ClN3O3. The van der Waals surface area contributed by atoms with Crippen molar-refractivity contribution < 1.29 is 14.3 Å². The third-order valence-corrected chi connectivity index (χ3v) is 4.76. The van der Waals surface area contributed by atoms with Gasteiger partial charge in [0.2, 0.25) is 5.91 Å². The highest BCUT2D eigenvalue weighted by atomic mass is 35.5. The van der Waals surface area contributed by atoms with Crippen molar-refractivity contribution in [1.29, 1.82) is 0 Å². The molecule has 7 heteroatoms. The Bertz CT molecular complexity index is 777. The van der Waals surface area contributed by atoms with Gasteiger partial charge >= 0.3 is 0 Å². The SMILES string of the molecule is O=C(NCCOc1cccc(Cl)c1)C1CCN(C(=O)c2cccnc2)CC1. The van der Waals surface area contributed by atoms with E-state index in [1.807, 2.05) is 12.1 Å². The number of nitrogens with one attached hydrogen (secondary N) is 1. The molecule has 3 rings (SSSR count). The van der Waals surface area contributed by atoms with Crippen LogP contribution in [-0.2, 0) is 4.79 Å². The fourth-order valence-corrected chi connectivity index (χ4v) is 3.24. The monoisotopic (exact) mass is 387 g/mol. The van der Waals surface area contributed by atoms with Gasteiger partial charge in [0.05, 0.1) is 12.1 Å². The summed E-state index contributed by atoms with van der Waals surface area (Å²) in [6.07, 6.45) is 4.53. The zero-order chi connectivity index (χ0) is 19.1. The molecule has 1 aliphatic rings. The molecule has 6 nitrogen and oxygen atoms in total. The van der Waals surface area contributed by atoms with E-state index in [1.165, 1.54) is 0 Å². The number of pyridine rings is 1. The smallest absolute Gasteiger partial charge is 0.255 e. The van der Waals surface area contributed by atoms with Crippen molar-refractivity contribution in [3.8, 4) is 5.75 Å². The molecule has 1 aromatic carbocycles. The summed E-state index contributed by atoms with van der Waals surface area (Å²) >= 11 is 5.90. The third kappa shape index (κ3) is 5.44. The summed E-state index contributed by atoms with van der Waals surface area (Å²) in [5.41, 5.74) is 0.582. The van der Waals surface area contributed by atoms with Crippen LogP contribution < -0.4 is 10.1 Å². The van der Waals surface area contributed by atoms with Crippen LogP contribution in [0.4, 0.5) is 0 Å². The molecule has 0 spiro atoms. The number of ether oxygens (including phenoxy) is 1. The molecule has 27 heavy (non-hydrogen) atoms. The summed E-state index contributed by atoms with van der Waals surface area (Å²) in [5.74, 6) is 0.586. The van der Waals surface area contributed by atoms with E-state index in [1.54, 1.807) is 41.6 Å². The predicted molar refractivity (Wildman–Crippen MR) is 103 cm³/mol. The molecule has 2 aromatic rings. The van der Waals surface area contributed by atoms with Crippen molar-refractivity contribution in [3.05, 3.63) is 59.4 Å². The number of carbonyl (C=O) groups excluding carboxylic acids is 2. The minimum Gasteiger partial charge on any atom is -0.492 e. The fraction of sp³-hybridized carbons (Fsp3) is 0.350. The first-order valence-electron chi connectivity index (χ1n) is 8.99. The van der Waals surface area contributed by atoms with Gasteiger partial charge in [-0.1, -0.05) is 17.7 Å². The number of rotatable bonds is 6. The number of halogens is 1. The number of carbonyl (C=O) groups is 2. The van der Waals surface area contributed by atoms with E-state index >= 15 is 0 Å². The Hall–Kier alpha value is -2.60. The average molecular weight is 388 g/mol. The van der Waals surface area contributed by atoms with E-state index in [9.17, 15) is 9.59 Å². The van der Waals surface area contributed by atoms with Gasteiger partial charge in [-0.05, 0) is 43.2 Å². The van der Waals surface area contributed by atoms with Crippen molar-refractivity contribution in [3.63, 3.8) is 0 Å². The maximum absolute atomic E-state index is 12.4. The maximum atomic E-state index is 12.4. The molecule has 0 unspecified atom stereocenters. The van der Waals surface area contributed by atoms with Crippen LogP contribution in [-0.4, -0.2) is 47.9 Å². The predicted octanol–water partition coefficient (Wildman–Crippen LogP) is 2.78. The van der Waals surface area contributed by atoms with Gasteiger partial charge in [0, 0.05) is 36.4 Å². The Morgan fingerprint density at radius 1 is 1.22 bits per heavy atom. The first kappa shape index (κ1) is 19.2. The molecule has 0 radical (unpaired) electrons. The quantitative estimate of drug-likeness (QED) is 0.773. The van der Waals surface area contributed by atoms with Gasteiger partial charge in [-0.15, -0.1) is 0 Å². The average Bonchev–Trinajstić information content (AvgIpc) is 2.71. The summed E-state index contributed by atoms with van der Waals surface area (Å²) in [6.45, 7) is 1.96. The zero-order valence-electron chi connectivity index (χ0n) is 14.9. The molecule has 1 saturated heterocycles. The van der Waals surface area contributed by atoms with Gasteiger partial charge in [0.1, 0.15) is 12.4 Å². The van der Waals surface area contributed by atoms with E-state index in [2.05, 4.69) is 10.3 Å². The number of hydrogen-bond donors (Lipinski definition) is 1. The van der Waals surface area contributed by atoms with Gasteiger partial charge in [-0.2, -0.15) is 0 Å². The molecule has 1 aromatic heterocycles. The Kier molecular flexibility index (Phi) is 6.65. The standard InChI is InChI=1S/C20H22ClN3O3/c21-17-4-1-5-18(13-17)27-12-9-23-19(25)15-6-10-24(11-7-15)20(26)16-3-2-8-22-14-16/h1-5,8,13-15H,6-7,9-12H2,(H,23,25). The Labute approximate surface area is 163 Å². The van der Waals surface area contributed by atoms with Crippen LogP contribution in [0.3, 0.4) is 0 Å². The number of nitrogens with zero attached hydrogens (tertiary/aromatic N) is 2. The zero-order valence-corrected chi connectivity index (χ0v) is 15.7. The van der Waals surface area contributed by atoms with E-state index in [0.29, 0.717) is 55.4 Å². The van der Waals surface area contributed by atoms with Crippen molar-refractivity contribution in [2.75, 3.05) is 26.2 Å². The Morgan fingerprint density at radius 2 is 2.04 bits per heavy atom. The number of hydrogen-bond acceptors (Lipinski definition) is 4. The molecule has 142 valence electrons. The molecule has 1 aliphatic heterocycles. The van der Waals surface area contributed by atoms with Gasteiger partial charge in [-0.3, -0.25) is 14.6 Å². The van der Waals surface area contributed by atoms with Crippen LogP contribution in [0.15, 0.2) is 48.8 Å². The summed E-state index contributed by atoms with van der Waals surface area (Å²) < 4.78 is 5.56. The molecule has 0 aliphatic carbocycles. The summed E-state index contributed by atoms with van der Waals surface area (Å²) in [6, 6.07) is 10.7. The second-order valence-electron chi connectivity index (χ2n) is 6.41. The van der Waals surface area contributed by atoms with Crippen LogP contribution in [0.5, 0.6) is 5.75 Å². The Balaban J connectivity index is 1.38. The molecular weight excluding hydrogens is 366 g/mol. The van der Waals surface area contributed by atoms with E-state index in [4.69, 9.17) is 16.3 Å². The third-order valence-electron chi connectivity index (χ3n) is 4.53. The maximum Gasteiger partial charge on any atom is 0.255 e. The van der Waals surface area contributed by atoms with Crippen molar-refractivity contribution in [2.24, 2.45) is 5.92 Å². The van der Waals surface area contributed by atoms with Crippen LogP contribution in [0.25, 0.3) is 0 Å². The summed E-state index contributed by atoms with van der Waals surface area (Å²) in [7, 11) is 0. The minimum absolute atomic E-state index is 0.0122. The first-order chi connectivity index (χ1) is 13.1.